The van der Waals surface area contributed by atoms with E-state index in [1.165, 1.54) is 12.1 Å². The fraction of sp³-hybridized carbons (Fsp3) is 0.238. The lowest BCUT2D eigenvalue weighted by molar-refractivity contribution is -0.147. The summed E-state index contributed by atoms with van der Waals surface area (Å²) in [7, 11) is 0. The molecule has 2 aromatic rings. The Morgan fingerprint density at radius 1 is 0.882 bits per heavy atom. The number of amides is 3. The van der Waals surface area contributed by atoms with Crippen molar-refractivity contribution in [3.8, 4) is 0 Å². The molecular formula is C21H18Cl2F3N3O5. The largest absolute Gasteiger partial charge is 0.456 e. The molecule has 2 rings (SSSR count). The summed E-state index contributed by atoms with van der Waals surface area (Å²) in [5.41, 5.74) is 3.23. The van der Waals surface area contributed by atoms with Gasteiger partial charge in [0.2, 0.25) is 5.91 Å². The molecule has 0 heterocycles. The predicted octanol–water partition coefficient (Wildman–Crippen LogP) is 4.13. The monoisotopic (exact) mass is 519 g/mol. The Hall–Kier alpha value is -3.31. The molecule has 0 bridgehead atoms. The van der Waals surface area contributed by atoms with Gasteiger partial charge in [-0.1, -0.05) is 35.3 Å². The van der Waals surface area contributed by atoms with E-state index in [1.54, 1.807) is 12.1 Å². The highest BCUT2D eigenvalue weighted by atomic mass is 35.5. The molecule has 0 unspecified atom stereocenters. The molecule has 13 heteroatoms. The van der Waals surface area contributed by atoms with Crippen LogP contribution in [0.2, 0.25) is 10.0 Å². The molecule has 0 saturated carbocycles. The van der Waals surface area contributed by atoms with E-state index in [9.17, 15) is 32.3 Å². The van der Waals surface area contributed by atoms with Gasteiger partial charge in [-0.2, -0.15) is 13.2 Å². The minimum atomic E-state index is -4.62. The molecule has 0 aromatic heterocycles. The summed E-state index contributed by atoms with van der Waals surface area (Å²) in [5, 5.41) is 2.22. The summed E-state index contributed by atoms with van der Waals surface area (Å²) in [6, 6.07) is 8.62. The second-order valence-corrected chi connectivity index (χ2v) is 7.55. The quantitative estimate of drug-likeness (QED) is 0.358. The van der Waals surface area contributed by atoms with Gasteiger partial charge in [0.1, 0.15) is 0 Å². The zero-order valence-electron chi connectivity index (χ0n) is 17.3. The van der Waals surface area contributed by atoms with Crippen LogP contribution >= 0.6 is 23.2 Å². The number of esters is 1. The average molecular weight is 520 g/mol. The molecule has 0 aliphatic heterocycles. The Kier molecular flexibility index (Phi) is 9.69. The first-order valence-electron chi connectivity index (χ1n) is 9.63. The van der Waals surface area contributed by atoms with Gasteiger partial charge in [-0.05, 0) is 36.8 Å². The van der Waals surface area contributed by atoms with Crippen molar-refractivity contribution >= 4 is 52.6 Å². The first kappa shape index (κ1) is 26.9. The van der Waals surface area contributed by atoms with Crippen LogP contribution in [0.1, 0.15) is 35.2 Å². The number of hydrazine groups is 1. The van der Waals surface area contributed by atoms with Crippen LogP contribution in [0.3, 0.4) is 0 Å². The lowest BCUT2D eigenvalue weighted by Gasteiger charge is -2.12. The smallest absolute Gasteiger partial charge is 0.416 e. The van der Waals surface area contributed by atoms with Gasteiger partial charge in [0.15, 0.2) is 6.61 Å². The van der Waals surface area contributed by atoms with E-state index in [2.05, 4.69) is 16.2 Å². The lowest BCUT2D eigenvalue weighted by atomic mass is 10.2. The molecule has 0 aliphatic carbocycles. The highest BCUT2D eigenvalue weighted by Gasteiger charge is 2.31. The third-order valence-electron chi connectivity index (χ3n) is 4.15. The Morgan fingerprint density at radius 2 is 1.59 bits per heavy atom. The number of nitrogens with one attached hydrogen (secondary N) is 3. The summed E-state index contributed by atoms with van der Waals surface area (Å²) in [5.74, 6) is -2.90. The number of hydrogen-bond donors (Lipinski definition) is 3. The first-order valence-corrected chi connectivity index (χ1v) is 10.4. The fourth-order valence-corrected chi connectivity index (χ4v) is 2.88. The molecule has 0 fully saturated rings. The molecule has 0 saturated heterocycles. The van der Waals surface area contributed by atoms with E-state index in [0.29, 0.717) is 6.07 Å². The maximum absolute atomic E-state index is 12.8. The molecule has 0 spiro atoms. The predicted molar refractivity (Wildman–Crippen MR) is 117 cm³/mol. The topological polar surface area (TPSA) is 114 Å². The van der Waals surface area contributed by atoms with Crippen molar-refractivity contribution in [2.24, 2.45) is 0 Å². The van der Waals surface area contributed by atoms with Crippen LogP contribution in [-0.4, -0.2) is 30.3 Å². The number of halogens is 5. The van der Waals surface area contributed by atoms with Crippen LogP contribution in [0.25, 0.3) is 0 Å². The minimum Gasteiger partial charge on any atom is -0.456 e. The Bertz CT molecular complexity index is 1080. The summed E-state index contributed by atoms with van der Waals surface area (Å²) in [6.45, 7) is -0.758. The Morgan fingerprint density at radius 3 is 2.26 bits per heavy atom. The van der Waals surface area contributed by atoms with E-state index < -0.39 is 42.0 Å². The third kappa shape index (κ3) is 8.56. The minimum absolute atomic E-state index is 0.0493. The van der Waals surface area contributed by atoms with Gasteiger partial charge in [-0.15, -0.1) is 0 Å². The standard InChI is InChI=1S/C21H18Cl2F3N3O5/c22-14-5-2-1-4-13(14)20(33)29-28-17(30)6-3-7-19(32)34-11-18(31)27-16-10-12(21(24,25)26)8-9-15(16)23/h1-2,4-5,8-10H,3,6-7,11H2,(H,27,31)(H,28,30)(H,29,33). The van der Waals surface area contributed by atoms with Crippen LogP contribution in [0.15, 0.2) is 42.5 Å². The number of anilines is 1. The van der Waals surface area contributed by atoms with Crippen LogP contribution in [0.5, 0.6) is 0 Å². The van der Waals surface area contributed by atoms with Gasteiger partial charge in [0.05, 0.1) is 26.9 Å². The van der Waals surface area contributed by atoms with Crippen LogP contribution < -0.4 is 16.2 Å². The van der Waals surface area contributed by atoms with Crippen molar-refractivity contribution in [3.05, 3.63) is 63.6 Å². The zero-order chi connectivity index (χ0) is 25.3. The molecule has 2 aromatic carbocycles. The van der Waals surface area contributed by atoms with E-state index in [1.807, 2.05) is 0 Å². The van der Waals surface area contributed by atoms with Gasteiger partial charge in [-0.25, -0.2) is 0 Å². The summed E-state index contributed by atoms with van der Waals surface area (Å²) >= 11 is 11.7. The number of carbonyl (C=O) groups excluding carboxylic acids is 4. The number of ether oxygens (including phenoxy) is 1. The average Bonchev–Trinajstić information content (AvgIpc) is 2.77. The van der Waals surface area contributed by atoms with E-state index in [-0.39, 0.29) is 40.6 Å². The fourth-order valence-electron chi connectivity index (χ4n) is 2.50. The van der Waals surface area contributed by atoms with Crippen LogP contribution in [0, 0.1) is 0 Å². The van der Waals surface area contributed by atoms with Gasteiger partial charge < -0.3 is 10.1 Å². The molecule has 3 N–H and O–H groups in total. The normalized spacial score (nSPS) is 10.9. The van der Waals surface area contributed by atoms with E-state index in [4.69, 9.17) is 27.9 Å². The van der Waals surface area contributed by atoms with Crippen molar-refractivity contribution in [3.63, 3.8) is 0 Å². The molecule has 8 nitrogen and oxygen atoms in total. The van der Waals surface area contributed by atoms with Crippen LogP contribution in [0.4, 0.5) is 18.9 Å². The highest BCUT2D eigenvalue weighted by molar-refractivity contribution is 6.34. The molecule has 34 heavy (non-hydrogen) atoms. The summed E-state index contributed by atoms with van der Waals surface area (Å²) < 4.78 is 43.0. The maximum atomic E-state index is 12.8. The zero-order valence-corrected chi connectivity index (χ0v) is 18.8. The molecule has 0 radical (unpaired) electrons. The maximum Gasteiger partial charge on any atom is 0.416 e. The van der Waals surface area contributed by atoms with Gasteiger partial charge in [0, 0.05) is 12.8 Å². The van der Waals surface area contributed by atoms with E-state index >= 15 is 0 Å². The molecule has 0 atom stereocenters. The molecule has 3 amide bonds. The van der Waals surface area contributed by atoms with Crippen molar-refractivity contribution < 1.29 is 37.1 Å². The Balaban J connectivity index is 1.69. The highest BCUT2D eigenvalue weighted by Crippen LogP contribution is 2.33. The second-order valence-electron chi connectivity index (χ2n) is 6.74. The molecule has 182 valence electrons. The van der Waals surface area contributed by atoms with Gasteiger partial charge in [-0.3, -0.25) is 30.0 Å². The number of alkyl halides is 3. The third-order valence-corrected chi connectivity index (χ3v) is 4.81. The van der Waals surface area contributed by atoms with Crippen molar-refractivity contribution in [2.75, 3.05) is 11.9 Å². The number of carbonyl (C=O) groups is 4. The lowest BCUT2D eigenvalue weighted by Crippen LogP contribution is -2.41. The van der Waals surface area contributed by atoms with Gasteiger partial charge in [0.25, 0.3) is 11.8 Å². The van der Waals surface area contributed by atoms with Crippen molar-refractivity contribution in [1.29, 1.82) is 0 Å². The van der Waals surface area contributed by atoms with Crippen molar-refractivity contribution in [2.45, 2.75) is 25.4 Å². The summed E-state index contributed by atoms with van der Waals surface area (Å²) in [4.78, 5) is 47.3. The number of hydrogen-bond acceptors (Lipinski definition) is 5. The number of rotatable bonds is 8. The second kappa shape index (κ2) is 12.2. The summed E-state index contributed by atoms with van der Waals surface area (Å²) in [6.07, 6.45) is -4.93. The number of benzene rings is 2. The van der Waals surface area contributed by atoms with Gasteiger partial charge >= 0.3 is 12.1 Å². The van der Waals surface area contributed by atoms with Crippen molar-refractivity contribution in [1.82, 2.24) is 10.9 Å². The van der Waals surface area contributed by atoms with Crippen LogP contribution in [-0.2, 0) is 25.3 Å². The first-order chi connectivity index (χ1) is 16.0. The van der Waals surface area contributed by atoms with E-state index in [0.717, 1.165) is 12.1 Å². The Labute approximate surface area is 201 Å². The molecule has 0 aliphatic rings. The SMILES string of the molecule is O=C(CCCC(=O)OCC(=O)Nc1cc(C(F)(F)F)ccc1Cl)NNC(=O)c1ccccc1Cl. The molecular weight excluding hydrogens is 502 g/mol.